The van der Waals surface area contributed by atoms with Crippen LogP contribution in [0.5, 0.6) is 0 Å². The molecule has 0 spiro atoms. The van der Waals surface area contributed by atoms with Crippen LogP contribution in [0.2, 0.25) is 0 Å². The minimum Gasteiger partial charge on any atom is -0.387 e. The van der Waals surface area contributed by atoms with Crippen LogP contribution in [0.1, 0.15) is 142 Å². The van der Waals surface area contributed by atoms with Crippen molar-refractivity contribution in [2.45, 2.75) is 154 Å². The molecule has 2 unspecified atom stereocenters. The van der Waals surface area contributed by atoms with Crippen molar-refractivity contribution in [1.29, 1.82) is 0 Å². The van der Waals surface area contributed by atoms with Crippen molar-refractivity contribution in [3.63, 3.8) is 0 Å². The van der Waals surface area contributed by atoms with Gasteiger partial charge in [0.15, 0.2) is 0 Å². The molecule has 268 valence electrons. The highest BCUT2D eigenvalue weighted by atomic mass is 32.2. The fourth-order valence-corrected chi connectivity index (χ4v) is 5.59. The predicted molar refractivity (Wildman–Crippen MR) is 202 cm³/mol. The third-order valence-corrected chi connectivity index (χ3v) is 8.34. The van der Waals surface area contributed by atoms with Gasteiger partial charge in [0.2, 0.25) is 5.91 Å². The molecule has 0 rings (SSSR count). The molecule has 0 aliphatic heterocycles. The summed E-state index contributed by atoms with van der Waals surface area (Å²) in [4.78, 5) is 12.4. The maximum absolute atomic E-state index is 12.4. The fraction of sp³-hybridized carbons (Fsp3) is 0.625. The summed E-state index contributed by atoms with van der Waals surface area (Å²) in [5.74, 6) is -1.09. The summed E-state index contributed by atoms with van der Waals surface area (Å²) in [5, 5.41) is 13.1. The first kappa shape index (κ1) is 44.5. The van der Waals surface area contributed by atoms with Crippen LogP contribution in [-0.2, 0) is 14.9 Å². The molecule has 0 saturated carbocycles. The molecule has 0 heterocycles. The van der Waals surface area contributed by atoms with E-state index in [2.05, 4.69) is 86.0 Å². The third-order valence-electron chi connectivity index (χ3n) is 7.56. The summed E-state index contributed by atoms with van der Waals surface area (Å²) in [6.45, 7) is 4.38. The summed E-state index contributed by atoms with van der Waals surface area (Å²) in [5.41, 5.74) is 0. The molecule has 7 heteroatoms. The molecular weight excluding hydrogens is 607 g/mol. The van der Waals surface area contributed by atoms with Gasteiger partial charge in [-0.15, -0.1) is 0 Å². The molecule has 0 aromatic carbocycles. The van der Waals surface area contributed by atoms with Gasteiger partial charge < -0.3 is 10.4 Å². The molecule has 6 nitrogen and oxygen atoms in total. The van der Waals surface area contributed by atoms with Gasteiger partial charge in [0, 0.05) is 6.42 Å². The van der Waals surface area contributed by atoms with E-state index < -0.39 is 28.0 Å². The monoisotopic (exact) mass is 673 g/mol. The summed E-state index contributed by atoms with van der Waals surface area (Å²) < 4.78 is 32.3. The smallest absolute Gasteiger partial charge is 0.267 e. The zero-order chi connectivity index (χ0) is 34.7. The number of amides is 1. The lowest BCUT2D eigenvalue weighted by atomic mass is 10.1. The lowest BCUT2D eigenvalue weighted by Gasteiger charge is -2.21. The molecule has 0 radical (unpaired) electrons. The maximum Gasteiger partial charge on any atom is 0.267 e. The van der Waals surface area contributed by atoms with Crippen molar-refractivity contribution >= 4 is 16.0 Å². The molecule has 0 saturated heterocycles. The Hall–Kier alpha value is -2.48. The number of aliphatic hydroxyl groups is 1. The SMILES string of the molecule is CC/C=C\C/C=C\C/C=C\C/C=C\C/C=C\CCCC(=O)NC(CS(=O)(=O)O)C(O)/C=C/CC/C=C/CCCCCCCCCCC. The molecule has 0 aliphatic carbocycles. The molecule has 0 aromatic rings. The Labute approximate surface area is 288 Å². The van der Waals surface area contributed by atoms with Gasteiger partial charge in [0.25, 0.3) is 10.1 Å². The van der Waals surface area contributed by atoms with Crippen LogP contribution in [0.4, 0.5) is 0 Å². The summed E-state index contributed by atoms with van der Waals surface area (Å²) in [6.07, 6.45) is 48.5. The minimum absolute atomic E-state index is 0.205. The molecule has 47 heavy (non-hydrogen) atoms. The first-order chi connectivity index (χ1) is 22.8. The lowest BCUT2D eigenvalue weighted by Crippen LogP contribution is -2.46. The van der Waals surface area contributed by atoms with Gasteiger partial charge in [-0.1, -0.05) is 150 Å². The largest absolute Gasteiger partial charge is 0.387 e. The van der Waals surface area contributed by atoms with Crippen LogP contribution in [0.25, 0.3) is 0 Å². The van der Waals surface area contributed by atoms with Crippen LogP contribution < -0.4 is 5.32 Å². The molecule has 0 aliphatic rings. The average molecular weight is 674 g/mol. The highest BCUT2D eigenvalue weighted by Gasteiger charge is 2.24. The van der Waals surface area contributed by atoms with Gasteiger partial charge in [-0.2, -0.15) is 8.42 Å². The van der Waals surface area contributed by atoms with Crippen LogP contribution in [0, 0.1) is 0 Å². The van der Waals surface area contributed by atoms with Gasteiger partial charge in [-0.25, -0.2) is 0 Å². The van der Waals surface area contributed by atoms with Gasteiger partial charge in [0.1, 0.15) is 0 Å². The third kappa shape index (κ3) is 34.7. The molecule has 0 bridgehead atoms. The first-order valence-electron chi connectivity index (χ1n) is 18.3. The number of carbonyl (C=O) groups is 1. The number of hydrogen-bond acceptors (Lipinski definition) is 4. The molecule has 3 N–H and O–H groups in total. The van der Waals surface area contributed by atoms with Crippen LogP contribution in [0.15, 0.2) is 85.1 Å². The van der Waals surface area contributed by atoms with Crippen molar-refractivity contribution in [2.24, 2.45) is 0 Å². The first-order valence-corrected chi connectivity index (χ1v) is 19.9. The molecule has 0 aromatic heterocycles. The summed E-state index contributed by atoms with van der Waals surface area (Å²) in [6, 6.07) is -1.11. The zero-order valence-corrected chi connectivity index (χ0v) is 30.4. The van der Waals surface area contributed by atoms with E-state index in [1.807, 2.05) is 6.08 Å². The van der Waals surface area contributed by atoms with Crippen molar-refractivity contribution in [3.8, 4) is 0 Å². The van der Waals surface area contributed by atoms with E-state index in [-0.39, 0.29) is 12.3 Å². The Kier molecular flexibility index (Phi) is 31.7. The highest BCUT2D eigenvalue weighted by molar-refractivity contribution is 7.85. The van der Waals surface area contributed by atoms with E-state index in [9.17, 15) is 22.9 Å². The van der Waals surface area contributed by atoms with Crippen molar-refractivity contribution in [3.05, 3.63) is 85.1 Å². The number of unbranched alkanes of at least 4 members (excludes halogenated alkanes) is 11. The second-order valence-corrected chi connectivity index (χ2v) is 13.6. The number of nitrogens with one attached hydrogen (secondary N) is 1. The van der Waals surface area contributed by atoms with E-state index in [0.717, 1.165) is 51.4 Å². The van der Waals surface area contributed by atoms with Crippen molar-refractivity contribution < 1.29 is 22.9 Å². The Morgan fingerprint density at radius 3 is 1.60 bits per heavy atom. The number of hydrogen-bond donors (Lipinski definition) is 3. The number of rotatable bonds is 31. The Morgan fingerprint density at radius 1 is 0.596 bits per heavy atom. The van der Waals surface area contributed by atoms with E-state index in [4.69, 9.17) is 0 Å². The Balaban J connectivity index is 4.19. The second kappa shape index (κ2) is 33.4. The quantitative estimate of drug-likeness (QED) is 0.0386. The molecule has 1 amide bonds. The number of carbonyl (C=O) groups excluding carboxylic acids is 1. The van der Waals surface area contributed by atoms with E-state index in [0.29, 0.717) is 12.8 Å². The Bertz CT molecular complexity index is 1050. The summed E-state index contributed by atoms with van der Waals surface area (Å²) in [7, 11) is -4.37. The normalized spacial score (nSPS) is 14.4. The number of allylic oxidation sites excluding steroid dienone is 13. The fourth-order valence-electron chi connectivity index (χ4n) is 4.85. The molecule has 0 fully saturated rings. The van der Waals surface area contributed by atoms with Crippen LogP contribution in [0.3, 0.4) is 0 Å². The van der Waals surface area contributed by atoms with Crippen LogP contribution in [-0.4, -0.2) is 41.9 Å². The van der Waals surface area contributed by atoms with Gasteiger partial charge in [0.05, 0.1) is 17.9 Å². The highest BCUT2D eigenvalue weighted by Crippen LogP contribution is 2.11. The van der Waals surface area contributed by atoms with Crippen molar-refractivity contribution in [2.75, 3.05) is 5.75 Å². The van der Waals surface area contributed by atoms with E-state index >= 15 is 0 Å². The molecule has 2 atom stereocenters. The standard InChI is InChI=1S/C40H67NO5S/c1-3-5-7-9-11-13-15-17-19-20-22-24-26-28-30-32-34-36-40(43)41-38(37-47(44,45)46)39(42)35-33-31-29-27-25-23-21-18-16-14-12-10-8-6-4-2/h5,7,11,13,17,19,22,24-25,27-28,30,33,35,38-39,42H,3-4,6,8-10,12,14-16,18,20-21,23,26,29,31-32,34,36-37H2,1-2H3,(H,41,43)(H,44,45,46)/b7-5-,13-11-,19-17-,24-22-,27-25+,30-28-,35-33+. The molecular formula is C40H67NO5S. The number of aliphatic hydroxyl groups excluding tert-OH is 1. The Morgan fingerprint density at radius 2 is 1.04 bits per heavy atom. The minimum atomic E-state index is -4.37. The van der Waals surface area contributed by atoms with E-state index in [1.165, 1.54) is 63.9 Å². The van der Waals surface area contributed by atoms with Crippen molar-refractivity contribution in [1.82, 2.24) is 5.32 Å². The van der Waals surface area contributed by atoms with Gasteiger partial charge >= 0.3 is 0 Å². The zero-order valence-electron chi connectivity index (χ0n) is 29.6. The van der Waals surface area contributed by atoms with Gasteiger partial charge in [-0.05, 0) is 70.6 Å². The maximum atomic E-state index is 12.4. The lowest BCUT2D eigenvalue weighted by molar-refractivity contribution is -0.122. The van der Waals surface area contributed by atoms with Gasteiger partial charge in [-0.3, -0.25) is 9.35 Å². The van der Waals surface area contributed by atoms with E-state index in [1.54, 1.807) is 6.08 Å². The predicted octanol–water partition coefficient (Wildman–Crippen LogP) is 10.5. The average Bonchev–Trinajstić information content (AvgIpc) is 3.03. The van der Waals surface area contributed by atoms with Crippen LogP contribution >= 0.6 is 0 Å². The second-order valence-electron chi connectivity index (χ2n) is 12.1. The topological polar surface area (TPSA) is 104 Å². The summed E-state index contributed by atoms with van der Waals surface area (Å²) >= 11 is 0.